The second-order valence-corrected chi connectivity index (χ2v) is 19.2. The molecule has 15 heteroatoms. The van der Waals surface area contributed by atoms with Crippen LogP contribution < -0.4 is 27.2 Å². The largest absolute Gasteiger partial charge is 0.372 e. The Morgan fingerprint density at radius 1 is 1.05 bits per heavy atom. The predicted molar refractivity (Wildman–Crippen MR) is 228 cm³/mol. The number of carbonyl (C=O) groups excluding carboxylic acids is 3. The maximum Gasteiger partial charge on any atom is 0.326 e. The standard InChI is InChI=1S/C30H44N4O4S2.C7H13N3O2.C4H10/c1-6-21-18-23(21)28(35)33-40(37,38)17-12-10-8-7-9-11-16-25-26(19(2)3)31-29(39-25)22-14-13-15-24-27(22)32-30(36)34(24)20(4)5;8-4-6(11)10-3-1-2-5(10)7(9)12;1-4(2)3/h7,9,13-15,19-21,23,29,31H,6,8,10-12,16-18H2,1-5H3,(H,32,36)(H,33,35);5H,1-4,8H2,(H2,9,12);4H,1-3H3/b9-7+;;/t21?,23-,29?;5-;/m00./s1. The van der Waals surface area contributed by atoms with E-state index in [1.165, 1.54) is 15.5 Å². The number of benzene rings is 1. The summed E-state index contributed by atoms with van der Waals surface area (Å²) < 4.78 is 28.5. The van der Waals surface area contributed by atoms with E-state index in [2.05, 4.69) is 67.9 Å². The summed E-state index contributed by atoms with van der Waals surface area (Å²) >= 11 is 1.83. The molecule has 0 spiro atoms. The average Bonchev–Trinajstić information content (AvgIpc) is 3.39. The van der Waals surface area contributed by atoms with E-state index in [0.717, 1.165) is 67.5 Å². The van der Waals surface area contributed by atoms with Crippen LogP contribution in [0.5, 0.6) is 0 Å². The number of fused-ring (bicyclic) bond motifs is 1. The topological polar surface area (TPSA) is 202 Å². The van der Waals surface area contributed by atoms with E-state index in [9.17, 15) is 27.6 Å². The van der Waals surface area contributed by atoms with Crippen molar-refractivity contribution in [1.82, 2.24) is 24.5 Å². The lowest BCUT2D eigenvalue weighted by Gasteiger charge is -2.20. The number of nitrogens with zero attached hydrogens (tertiary/aromatic N) is 2. The van der Waals surface area contributed by atoms with Gasteiger partial charge in [0.2, 0.25) is 27.7 Å². The summed E-state index contributed by atoms with van der Waals surface area (Å²) in [6.07, 6.45) is 11.5. The highest BCUT2D eigenvalue weighted by Gasteiger charge is 2.42. The maximum atomic E-state index is 12.6. The molecule has 4 atom stereocenters. The molecule has 1 aromatic heterocycles. The highest BCUT2D eigenvalue weighted by atomic mass is 32.2. The third kappa shape index (κ3) is 13.5. The third-order valence-electron chi connectivity index (χ3n) is 9.86. The SMILES string of the molecule is CC(C)C.CCC1C[C@@H]1C(=O)NS(=O)(=O)CCCC/C=C/CCC1=C(C(C)C)NC(c2cccc3c2[nH]c(=O)n3C(C)C)S1.NCC(=O)N1CCC[C@H]1C(N)=O. The maximum absolute atomic E-state index is 12.6. The number of unbranched alkanes of at least 4 members (excludes halogenated alkanes) is 2. The number of carbonyl (C=O) groups is 3. The molecular weight excluding hydrogens is 751 g/mol. The monoisotopic (exact) mass is 817 g/mol. The average molecular weight is 818 g/mol. The summed E-state index contributed by atoms with van der Waals surface area (Å²) in [5.41, 5.74) is 14.4. The molecule has 2 fully saturated rings. The van der Waals surface area contributed by atoms with Gasteiger partial charge < -0.3 is 26.7 Å². The molecule has 2 aromatic rings. The number of para-hydroxylation sites is 1. The Balaban J connectivity index is 0.000000438. The van der Waals surface area contributed by atoms with Crippen LogP contribution in [0, 0.1) is 23.7 Å². The number of thioether (sulfide) groups is 1. The van der Waals surface area contributed by atoms with Crippen LogP contribution in [0.25, 0.3) is 11.0 Å². The quantitative estimate of drug-likeness (QED) is 0.0967. The van der Waals surface area contributed by atoms with Crippen molar-refractivity contribution in [2.45, 2.75) is 131 Å². The van der Waals surface area contributed by atoms with Crippen LogP contribution in [0.4, 0.5) is 0 Å². The summed E-state index contributed by atoms with van der Waals surface area (Å²) in [6.45, 7) is 17.5. The van der Waals surface area contributed by atoms with Crippen LogP contribution >= 0.6 is 11.8 Å². The Morgan fingerprint density at radius 2 is 1.73 bits per heavy atom. The molecule has 3 heterocycles. The van der Waals surface area contributed by atoms with E-state index in [1.807, 2.05) is 49.2 Å². The Hall–Kier alpha value is -3.56. The van der Waals surface area contributed by atoms with Gasteiger partial charge in [-0.1, -0.05) is 84.0 Å². The Kier molecular flexibility index (Phi) is 18.2. The van der Waals surface area contributed by atoms with Crippen molar-refractivity contribution < 1.29 is 22.8 Å². The van der Waals surface area contributed by atoms with Crippen molar-refractivity contribution in [1.29, 1.82) is 0 Å². The van der Waals surface area contributed by atoms with Gasteiger partial charge in [0.15, 0.2) is 0 Å². The van der Waals surface area contributed by atoms with Gasteiger partial charge in [-0.2, -0.15) is 0 Å². The van der Waals surface area contributed by atoms with Gasteiger partial charge >= 0.3 is 5.69 Å². The van der Waals surface area contributed by atoms with E-state index in [1.54, 1.807) is 0 Å². The summed E-state index contributed by atoms with van der Waals surface area (Å²) in [5, 5.41) is 3.77. The zero-order valence-electron chi connectivity index (χ0n) is 34.7. The smallest absolute Gasteiger partial charge is 0.326 e. The number of allylic oxidation sites excluding steroid dienone is 4. The molecule has 0 radical (unpaired) electrons. The van der Waals surface area contributed by atoms with Crippen molar-refractivity contribution in [2.24, 2.45) is 35.1 Å². The van der Waals surface area contributed by atoms with Gasteiger partial charge in [-0.25, -0.2) is 13.2 Å². The molecule has 56 heavy (non-hydrogen) atoms. The van der Waals surface area contributed by atoms with Crippen LogP contribution in [-0.4, -0.2) is 65.5 Å². The second-order valence-electron chi connectivity index (χ2n) is 16.2. The minimum absolute atomic E-state index is 0.0109. The molecule has 13 nitrogen and oxygen atoms in total. The van der Waals surface area contributed by atoms with Gasteiger partial charge in [-0.3, -0.25) is 23.7 Å². The lowest BCUT2D eigenvalue weighted by molar-refractivity contribution is -0.136. The Morgan fingerprint density at radius 3 is 2.32 bits per heavy atom. The number of amides is 3. The van der Waals surface area contributed by atoms with Crippen LogP contribution in [-0.2, 0) is 24.4 Å². The number of likely N-dealkylation sites (tertiary alicyclic amines) is 1. The van der Waals surface area contributed by atoms with E-state index in [-0.39, 0.29) is 47.1 Å². The highest BCUT2D eigenvalue weighted by molar-refractivity contribution is 8.03. The molecule has 3 amide bonds. The number of primary amides is 1. The highest BCUT2D eigenvalue weighted by Crippen LogP contribution is 2.46. The Labute approximate surface area is 338 Å². The van der Waals surface area contributed by atoms with E-state index in [4.69, 9.17) is 11.5 Å². The first kappa shape index (κ1) is 46.8. The van der Waals surface area contributed by atoms with Crippen LogP contribution in [0.1, 0.15) is 130 Å². The zero-order valence-corrected chi connectivity index (χ0v) is 36.4. The first-order chi connectivity index (χ1) is 26.4. The number of hydrogen-bond acceptors (Lipinski definition) is 9. The van der Waals surface area contributed by atoms with E-state index >= 15 is 0 Å². The molecule has 1 saturated heterocycles. The number of aromatic amines is 1. The number of sulfonamides is 1. The van der Waals surface area contributed by atoms with Crippen molar-refractivity contribution in [3.8, 4) is 0 Å². The van der Waals surface area contributed by atoms with Gasteiger partial charge in [-0.15, -0.1) is 0 Å². The fraction of sp³-hybridized carbons (Fsp3) is 0.659. The van der Waals surface area contributed by atoms with Gasteiger partial charge in [0.05, 0.1) is 23.3 Å². The van der Waals surface area contributed by atoms with Crippen molar-refractivity contribution >= 4 is 50.5 Å². The number of nitrogens with two attached hydrogens (primary N) is 2. The first-order valence-electron chi connectivity index (χ1n) is 20.3. The normalized spacial score (nSPS) is 20.7. The van der Waals surface area contributed by atoms with E-state index < -0.39 is 22.0 Å². The number of hydrogen-bond donors (Lipinski definition) is 5. The van der Waals surface area contributed by atoms with Crippen LogP contribution in [0.2, 0.25) is 0 Å². The Bertz CT molecular complexity index is 1860. The molecule has 314 valence electrons. The fourth-order valence-electron chi connectivity index (χ4n) is 6.97. The van der Waals surface area contributed by atoms with Crippen LogP contribution in [0.15, 0.2) is 45.7 Å². The van der Waals surface area contributed by atoms with Crippen molar-refractivity contribution in [2.75, 3.05) is 18.8 Å². The molecule has 2 aliphatic heterocycles. The number of rotatable bonds is 16. The molecule has 2 unspecified atom stereocenters. The zero-order chi connectivity index (χ0) is 41.7. The second kappa shape index (κ2) is 21.8. The lowest BCUT2D eigenvalue weighted by atomic mass is 10.1. The summed E-state index contributed by atoms with van der Waals surface area (Å²) in [7, 11) is -3.55. The molecule has 5 rings (SSSR count). The molecular formula is C41H67N7O6S2. The van der Waals surface area contributed by atoms with Crippen molar-refractivity contribution in [3.05, 3.63) is 57.0 Å². The van der Waals surface area contributed by atoms with Crippen LogP contribution in [0.3, 0.4) is 0 Å². The fourth-order valence-corrected chi connectivity index (χ4v) is 9.56. The van der Waals surface area contributed by atoms with Crippen molar-refractivity contribution in [3.63, 3.8) is 0 Å². The molecule has 1 aliphatic carbocycles. The van der Waals surface area contributed by atoms with Gasteiger partial charge in [0.1, 0.15) is 11.4 Å². The van der Waals surface area contributed by atoms with Gasteiger partial charge in [-0.05, 0) is 89.0 Å². The molecule has 1 aromatic carbocycles. The summed E-state index contributed by atoms with van der Waals surface area (Å²) in [4.78, 5) is 52.5. The molecule has 0 bridgehead atoms. The number of aromatic nitrogens is 2. The predicted octanol–water partition coefficient (Wildman–Crippen LogP) is 6.20. The minimum Gasteiger partial charge on any atom is -0.372 e. The van der Waals surface area contributed by atoms with Gasteiger partial charge in [0.25, 0.3) is 0 Å². The number of imidazole rings is 1. The lowest BCUT2D eigenvalue weighted by Crippen LogP contribution is -2.45. The third-order valence-corrected chi connectivity index (χ3v) is 12.5. The number of nitrogens with one attached hydrogen (secondary N) is 3. The summed E-state index contributed by atoms with van der Waals surface area (Å²) in [5.74, 6) is 0.442. The molecule has 3 aliphatic rings. The van der Waals surface area contributed by atoms with E-state index in [0.29, 0.717) is 31.2 Å². The number of H-pyrrole nitrogens is 1. The summed E-state index contributed by atoms with van der Waals surface area (Å²) in [6, 6.07) is 5.77. The van der Waals surface area contributed by atoms with Gasteiger partial charge in [0, 0.05) is 34.7 Å². The molecule has 7 N–H and O–H groups in total. The minimum atomic E-state index is -3.55. The molecule has 1 saturated carbocycles. The first-order valence-corrected chi connectivity index (χ1v) is 22.8.